The van der Waals surface area contributed by atoms with Gasteiger partial charge >= 0.3 is 5.97 Å². The van der Waals surface area contributed by atoms with Crippen LogP contribution >= 0.6 is 11.6 Å². The first kappa shape index (κ1) is 15.6. The van der Waals surface area contributed by atoms with Crippen LogP contribution in [0.25, 0.3) is 0 Å². The van der Waals surface area contributed by atoms with Gasteiger partial charge in [0.1, 0.15) is 11.8 Å². The second-order valence-electron chi connectivity index (χ2n) is 5.24. The van der Waals surface area contributed by atoms with E-state index >= 15 is 0 Å². The van der Waals surface area contributed by atoms with Crippen molar-refractivity contribution in [1.29, 1.82) is 0 Å². The maximum Gasteiger partial charge on any atom is 0.326 e. The van der Waals surface area contributed by atoms with Crippen LogP contribution in [0.4, 0.5) is 0 Å². The summed E-state index contributed by atoms with van der Waals surface area (Å²) in [6.45, 7) is 3.19. The van der Waals surface area contributed by atoms with Gasteiger partial charge in [-0.15, -0.1) is 0 Å². The van der Waals surface area contributed by atoms with Crippen LogP contribution in [-0.4, -0.2) is 40.6 Å². The van der Waals surface area contributed by atoms with Gasteiger partial charge in [-0.1, -0.05) is 11.6 Å². The second kappa shape index (κ2) is 6.35. The number of carbonyl (C=O) groups excluding carboxylic acids is 1. The Balaban J connectivity index is 2.00. The fourth-order valence-corrected chi connectivity index (χ4v) is 2.42. The Labute approximate surface area is 128 Å². The maximum absolute atomic E-state index is 12.2. The molecule has 1 amide bonds. The Morgan fingerprint density at radius 2 is 2.14 bits per heavy atom. The van der Waals surface area contributed by atoms with Gasteiger partial charge in [0.15, 0.2) is 6.61 Å². The topological polar surface area (TPSA) is 66.8 Å². The van der Waals surface area contributed by atoms with E-state index in [0.29, 0.717) is 10.8 Å². The summed E-state index contributed by atoms with van der Waals surface area (Å²) in [4.78, 5) is 24.7. The van der Waals surface area contributed by atoms with Crippen LogP contribution in [0.1, 0.15) is 25.3 Å². The Kier molecular flexibility index (Phi) is 4.73. The number of nitrogens with zero attached hydrogens (tertiary/aromatic N) is 1. The predicted octanol–water partition coefficient (Wildman–Crippen LogP) is 2.49. The highest BCUT2D eigenvalue weighted by Gasteiger charge is 2.38. The van der Waals surface area contributed by atoms with Crippen LogP contribution in [0.3, 0.4) is 0 Å². The molecule has 2 rings (SSSR count). The van der Waals surface area contributed by atoms with Gasteiger partial charge in [-0.25, -0.2) is 4.79 Å². The minimum Gasteiger partial charge on any atom is -0.483 e. The molecule has 0 aliphatic heterocycles. The van der Waals surface area contributed by atoms with Crippen molar-refractivity contribution < 1.29 is 19.4 Å². The van der Waals surface area contributed by atoms with Gasteiger partial charge in [0, 0.05) is 11.1 Å². The van der Waals surface area contributed by atoms with Crippen molar-refractivity contribution in [1.82, 2.24) is 4.90 Å². The van der Waals surface area contributed by atoms with E-state index in [0.717, 1.165) is 18.4 Å². The molecule has 1 aliphatic rings. The number of carbonyl (C=O) groups is 2. The molecule has 1 atom stereocenters. The van der Waals surface area contributed by atoms with E-state index < -0.39 is 12.0 Å². The summed E-state index contributed by atoms with van der Waals surface area (Å²) >= 11 is 5.86. The summed E-state index contributed by atoms with van der Waals surface area (Å²) in [7, 11) is 0. The molecule has 0 spiro atoms. The SMILES string of the molecule is Cc1cc(Cl)ccc1OCC(=O)N(C1CC1)C(C)C(=O)O. The lowest BCUT2D eigenvalue weighted by Gasteiger charge is -2.26. The Morgan fingerprint density at radius 1 is 1.48 bits per heavy atom. The van der Waals surface area contributed by atoms with Crippen LogP contribution in [0.15, 0.2) is 18.2 Å². The Bertz CT molecular complexity index is 557. The number of carboxylic acids is 1. The Morgan fingerprint density at radius 3 is 2.67 bits per heavy atom. The number of ether oxygens (including phenoxy) is 1. The smallest absolute Gasteiger partial charge is 0.326 e. The second-order valence-corrected chi connectivity index (χ2v) is 5.68. The van der Waals surface area contributed by atoms with Gasteiger partial charge in [0.05, 0.1) is 0 Å². The fourth-order valence-electron chi connectivity index (χ4n) is 2.20. The van der Waals surface area contributed by atoms with E-state index in [1.54, 1.807) is 18.2 Å². The third-order valence-corrected chi connectivity index (χ3v) is 3.73. The van der Waals surface area contributed by atoms with Crippen molar-refractivity contribution in [2.45, 2.75) is 38.8 Å². The van der Waals surface area contributed by atoms with E-state index in [1.165, 1.54) is 11.8 Å². The van der Waals surface area contributed by atoms with Crippen molar-refractivity contribution >= 4 is 23.5 Å². The van der Waals surface area contributed by atoms with Crippen LogP contribution < -0.4 is 4.74 Å². The predicted molar refractivity (Wildman–Crippen MR) is 78.6 cm³/mol. The maximum atomic E-state index is 12.2. The quantitative estimate of drug-likeness (QED) is 0.876. The first-order chi connectivity index (χ1) is 9.90. The molecule has 0 heterocycles. The molecule has 21 heavy (non-hydrogen) atoms. The summed E-state index contributed by atoms with van der Waals surface area (Å²) in [5, 5.41) is 9.69. The van der Waals surface area contributed by atoms with E-state index in [2.05, 4.69) is 0 Å². The number of benzene rings is 1. The molecule has 114 valence electrons. The van der Waals surface area contributed by atoms with E-state index in [9.17, 15) is 9.59 Å². The van der Waals surface area contributed by atoms with E-state index in [4.69, 9.17) is 21.4 Å². The van der Waals surface area contributed by atoms with Crippen molar-refractivity contribution in [3.05, 3.63) is 28.8 Å². The zero-order chi connectivity index (χ0) is 15.6. The van der Waals surface area contributed by atoms with E-state index in [-0.39, 0.29) is 18.6 Å². The average molecular weight is 312 g/mol. The molecule has 1 unspecified atom stereocenters. The lowest BCUT2D eigenvalue weighted by molar-refractivity contribution is -0.150. The van der Waals surface area contributed by atoms with Crippen LogP contribution in [0.2, 0.25) is 5.02 Å². The zero-order valence-corrected chi connectivity index (χ0v) is 12.8. The number of carboxylic acid groups (broad SMARTS) is 1. The number of hydrogen-bond acceptors (Lipinski definition) is 3. The number of aryl methyl sites for hydroxylation is 1. The summed E-state index contributed by atoms with van der Waals surface area (Å²) in [5.41, 5.74) is 0.833. The van der Waals surface area contributed by atoms with Gasteiger partial charge in [-0.3, -0.25) is 4.79 Å². The van der Waals surface area contributed by atoms with Crippen molar-refractivity contribution in [2.75, 3.05) is 6.61 Å². The summed E-state index contributed by atoms with van der Waals surface area (Å²) in [6.07, 6.45) is 1.70. The molecule has 5 nitrogen and oxygen atoms in total. The van der Waals surface area contributed by atoms with Gasteiger partial charge < -0.3 is 14.7 Å². The van der Waals surface area contributed by atoms with Gasteiger partial charge in [-0.2, -0.15) is 0 Å². The number of aliphatic carboxylic acids is 1. The minimum absolute atomic E-state index is 0.0264. The monoisotopic (exact) mass is 311 g/mol. The highest BCUT2D eigenvalue weighted by molar-refractivity contribution is 6.30. The van der Waals surface area contributed by atoms with Gasteiger partial charge in [0.25, 0.3) is 5.91 Å². The fraction of sp³-hybridized carbons (Fsp3) is 0.467. The summed E-state index contributed by atoms with van der Waals surface area (Å²) in [6, 6.07) is 4.33. The molecule has 1 saturated carbocycles. The molecule has 0 radical (unpaired) electrons. The third kappa shape index (κ3) is 3.88. The largest absolute Gasteiger partial charge is 0.483 e. The standard InChI is InChI=1S/C15H18ClNO4/c1-9-7-11(16)3-6-13(9)21-8-14(18)17(12-4-5-12)10(2)15(19)20/h3,6-7,10,12H,4-5,8H2,1-2H3,(H,19,20). The van der Waals surface area contributed by atoms with Crippen LogP contribution in [0, 0.1) is 6.92 Å². The average Bonchev–Trinajstić information content (AvgIpc) is 3.22. The van der Waals surface area contributed by atoms with Crippen molar-refractivity contribution in [3.63, 3.8) is 0 Å². The molecule has 1 aliphatic carbocycles. The molecule has 0 aromatic heterocycles. The summed E-state index contributed by atoms with van der Waals surface area (Å²) in [5.74, 6) is -0.730. The first-order valence-corrected chi connectivity index (χ1v) is 7.21. The van der Waals surface area contributed by atoms with Gasteiger partial charge in [-0.05, 0) is 50.5 Å². The van der Waals surface area contributed by atoms with E-state index in [1.807, 2.05) is 6.92 Å². The lowest BCUT2D eigenvalue weighted by atomic mass is 10.2. The number of rotatable bonds is 6. The lowest BCUT2D eigenvalue weighted by Crippen LogP contribution is -2.46. The van der Waals surface area contributed by atoms with Crippen LogP contribution in [-0.2, 0) is 9.59 Å². The molecule has 1 aromatic rings. The molecule has 0 bridgehead atoms. The molecule has 1 aromatic carbocycles. The Hall–Kier alpha value is -1.75. The molecular formula is C15H18ClNO4. The highest BCUT2D eigenvalue weighted by Crippen LogP contribution is 2.29. The van der Waals surface area contributed by atoms with Crippen molar-refractivity contribution in [3.8, 4) is 5.75 Å². The third-order valence-electron chi connectivity index (χ3n) is 3.49. The first-order valence-electron chi connectivity index (χ1n) is 6.83. The molecule has 6 heteroatoms. The number of amides is 1. The summed E-state index contributed by atoms with van der Waals surface area (Å²) < 4.78 is 5.50. The molecular weight excluding hydrogens is 294 g/mol. The van der Waals surface area contributed by atoms with Crippen molar-refractivity contribution in [2.24, 2.45) is 0 Å². The van der Waals surface area contributed by atoms with Gasteiger partial charge in [0.2, 0.25) is 0 Å². The molecule has 0 saturated heterocycles. The zero-order valence-electron chi connectivity index (χ0n) is 12.0. The normalized spacial score (nSPS) is 15.4. The molecule has 1 N–H and O–H groups in total. The number of hydrogen-bond donors (Lipinski definition) is 1. The molecule has 1 fully saturated rings. The minimum atomic E-state index is -1.00. The van der Waals surface area contributed by atoms with Crippen LogP contribution in [0.5, 0.6) is 5.75 Å². The highest BCUT2D eigenvalue weighted by atomic mass is 35.5. The number of halogens is 1.